The molecule has 2 aromatic carbocycles. The second-order valence-electron chi connectivity index (χ2n) is 4.82. The molecule has 0 atom stereocenters. The molecule has 2 rings (SSSR count). The van der Waals surface area contributed by atoms with Gasteiger partial charge in [-0.1, -0.05) is 6.07 Å². The minimum atomic E-state index is -4.63. The van der Waals surface area contributed by atoms with Crippen LogP contribution in [0.1, 0.15) is 22.8 Å². The number of alkyl halides is 3. The van der Waals surface area contributed by atoms with E-state index >= 15 is 0 Å². The number of carbonyl (C=O) groups is 1. The SMILES string of the molecule is CCNC(=O)c1ccc(-c2cc(O)cc(C(F)(F)F)c2)cc1F. The molecule has 0 saturated carbocycles. The van der Waals surface area contributed by atoms with Gasteiger partial charge in [0.2, 0.25) is 0 Å². The summed E-state index contributed by atoms with van der Waals surface area (Å²) in [6.07, 6.45) is -4.63. The quantitative estimate of drug-likeness (QED) is 0.838. The number of hydrogen-bond donors (Lipinski definition) is 2. The minimum Gasteiger partial charge on any atom is -0.508 e. The van der Waals surface area contributed by atoms with Crippen molar-refractivity contribution in [2.45, 2.75) is 13.1 Å². The highest BCUT2D eigenvalue weighted by Gasteiger charge is 2.31. The van der Waals surface area contributed by atoms with Crippen LogP contribution in [0, 0.1) is 5.82 Å². The van der Waals surface area contributed by atoms with Crippen molar-refractivity contribution in [2.24, 2.45) is 0 Å². The number of hydrogen-bond acceptors (Lipinski definition) is 2. The molecule has 23 heavy (non-hydrogen) atoms. The number of nitrogens with one attached hydrogen (secondary N) is 1. The number of halogens is 4. The van der Waals surface area contributed by atoms with Crippen LogP contribution in [0.5, 0.6) is 5.75 Å². The van der Waals surface area contributed by atoms with Gasteiger partial charge in [0.1, 0.15) is 11.6 Å². The third kappa shape index (κ3) is 3.80. The standard InChI is InChI=1S/C16H13F4NO2/c1-2-21-15(23)13-4-3-9(7-14(13)17)10-5-11(16(18,19)20)8-12(22)6-10/h3-8,22H,2H2,1H3,(H,21,23). The topological polar surface area (TPSA) is 49.3 Å². The van der Waals surface area contributed by atoms with E-state index in [1.807, 2.05) is 0 Å². The molecule has 0 aliphatic carbocycles. The first-order chi connectivity index (χ1) is 10.7. The van der Waals surface area contributed by atoms with E-state index in [4.69, 9.17) is 0 Å². The lowest BCUT2D eigenvalue weighted by Gasteiger charge is -2.11. The van der Waals surface area contributed by atoms with Gasteiger partial charge >= 0.3 is 6.18 Å². The van der Waals surface area contributed by atoms with Crippen LogP contribution in [0.15, 0.2) is 36.4 Å². The van der Waals surface area contributed by atoms with E-state index in [9.17, 15) is 27.5 Å². The third-order valence-corrected chi connectivity index (χ3v) is 3.13. The van der Waals surface area contributed by atoms with Gasteiger partial charge in [-0.3, -0.25) is 4.79 Å². The Morgan fingerprint density at radius 3 is 2.39 bits per heavy atom. The lowest BCUT2D eigenvalue weighted by Crippen LogP contribution is -2.23. The number of amides is 1. The maximum absolute atomic E-state index is 14.0. The van der Waals surface area contributed by atoms with Crippen molar-refractivity contribution in [1.29, 1.82) is 0 Å². The molecule has 0 unspecified atom stereocenters. The zero-order valence-corrected chi connectivity index (χ0v) is 12.0. The molecule has 0 spiro atoms. The first-order valence-electron chi connectivity index (χ1n) is 6.71. The van der Waals surface area contributed by atoms with Crippen molar-refractivity contribution in [1.82, 2.24) is 5.32 Å². The Balaban J connectivity index is 2.45. The molecule has 0 aliphatic heterocycles. The van der Waals surface area contributed by atoms with Crippen molar-refractivity contribution in [2.75, 3.05) is 6.54 Å². The number of phenols is 1. The first-order valence-corrected chi connectivity index (χ1v) is 6.71. The fourth-order valence-electron chi connectivity index (χ4n) is 2.08. The maximum atomic E-state index is 14.0. The number of phenolic OH excluding ortho intramolecular Hbond substituents is 1. The van der Waals surface area contributed by atoms with E-state index in [1.165, 1.54) is 12.1 Å². The summed E-state index contributed by atoms with van der Waals surface area (Å²) in [6.45, 7) is 2.00. The predicted molar refractivity (Wildman–Crippen MR) is 76.5 cm³/mol. The van der Waals surface area contributed by atoms with Crippen LogP contribution in [0.25, 0.3) is 11.1 Å². The molecule has 0 bridgehead atoms. The second kappa shape index (κ2) is 6.28. The molecule has 122 valence electrons. The van der Waals surface area contributed by atoms with Gasteiger partial charge in [0, 0.05) is 6.54 Å². The van der Waals surface area contributed by atoms with E-state index in [2.05, 4.69) is 5.32 Å². The van der Waals surface area contributed by atoms with Crippen LogP contribution in [-0.2, 0) is 6.18 Å². The maximum Gasteiger partial charge on any atom is 0.416 e. The van der Waals surface area contributed by atoms with Crippen molar-refractivity contribution in [3.63, 3.8) is 0 Å². The predicted octanol–water partition coefficient (Wildman–Crippen LogP) is 3.97. The molecule has 1 amide bonds. The molecular weight excluding hydrogens is 314 g/mol. The average molecular weight is 327 g/mol. The van der Waals surface area contributed by atoms with Gasteiger partial charge < -0.3 is 10.4 Å². The highest BCUT2D eigenvalue weighted by atomic mass is 19.4. The summed E-state index contributed by atoms with van der Waals surface area (Å²) in [7, 11) is 0. The summed E-state index contributed by atoms with van der Waals surface area (Å²) in [6, 6.07) is 5.95. The second-order valence-corrected chi connectivity index (χ2v) is 4.82. The monoisotopic (exact) mass is 327 g/mol. The van der Waals surface area contributed by atoms with Crippen LogP contribution < -0.4 is 5.32 Å². The molecule has 0 fully saturated rings. The van der Waals surface area contributed by atoms with Crippen molar-refractivity contribution in [3.8, 4) is 16.9 Å². The smallest absolute Gasteiger partial charge is 0.416 e. The van der Waals surface area contributed by atoms with Gasteiger partial charge in [-0.05, 0) is 48.4 Å². The first kappa shape index (κ1) is 16.8. The number of benzene rings is 2. The van der Waals surface area contributed by atoms with E-state index in [0.29, 0.717) is 12.6 Å². The molecule has 0 saturated heterocycles. The Labute approximate surface area is 129 Å². The molecule has 0 aliphatic rings. The Hall–Kier alpha value is -2.57. The van der Waals surface area contributed by atoms with E-state index in [0.717, 1.165) is 18.2 Å². The van der Waals surface area contributed by atoms with Crippen molar-refractivity contribution >= 4 is 5.91 Å². The van der Waals surface area contributed by atoms with Gasteiger partial charge in [-0.2, -0.15) is 13.2 Å². The Morgan fingerprint density at radius 2 is 1.83 bits per heavy atom. The van der Waals surface area contributed by atoms with Crippen molar-refractivity contribution in [3.05, 3.63) is 53.3 Å². The third-order valence-electron chi connectivity index (χ3n) is 3.13. The number of carbonyl (C=O) groups excluding carboxylic acids is 1. The number of rotatable bonds is 3. The summed E-state index contributed by atoms with van der Waals surface area (Å²) >= 11 is 0. The van der Waals surface area contributed by atoms with Crippen LogP contribution in [0.2, 0.25) is 0 Å². The van der Waals surface area contributed by atoms with Crippen LogP contribution in [0.3, 0.4) is 0 Å². The largest absolute Gasteiger partial charge is 0.508 e. The zero-order chi connectivity index (χ0) is 17.2. The highest BCUT2D eigenvalue weighted by Crippen LogP contribution is 2.35. The summed E-state index contributed by atoms with van der Waals surface area (Å²) in [5, 5.41) is 11.9. The van der Waals surface area contributed by atoms with Gasteiger partial charge in [0.05, 0.1) is 11.1 Å². The average Bonchev–Trinajstić information content (AvgIpc) is 2.45. The number of aromatic hydroxyl groups is 1. The minimum absolute atomic E-state index is 0.00123. The summed E-state index contributed by atoms with van der Waals surface area (Å²) in [4.78, 5) is 11.6. The van der Waals surface area contributed by atoms with Gasteiger partial charge in [-0.25, -0.2) is 4.39 Å². The van der Waals surface area contributed by atoms with Gasteiger partial charge in [0.25, 0.3) is 5.91 Å². The van der Waals surface area contributed by atoms with E-state index < -0.39 is 29.2 Å². The van der Waals surface area contributed by atoms with Crippen LogP contribution in [-0.4, -0.2) is 17.6 Å². The zero-order valence-electron chi connectivity index (χ0n) is 12.0. The van der Waals surface area contributed by atoms with Gasteiger partial charge in [0.15, 0.2) is 0 Å². The Morgan fingerprint density at radius 1 is 1.13 bits per heavy atom. The molecule has 0 radical (unpaired) electrons. The van der Waals surface area contributed by atoms with Crippen molar-refractivity contribution < 1.29 is 27.5 Å². The normalized spacial score (nSPS) is 11.3. The summed E-state index contributed by atoms with van der Waals surface area (Å²) < 4.78 is 52.3. The summed E-state index contributed by atoms with van der Waals surface area (Å²) in [5.41, 5.74) is -1.12. The molecule has 3 nitrogen and oxygen atoms in total. The molecule has 0 aromatic heterocycles. The Bertz CT molecular complexity index is 741. The van der Waals surface area contributed by atoms with Crippen LogP contribution in [0.4, 0.5) is 17.6 Å². The molecule has 2 N–H and O–H groups in total. The fraction of sp³-hybridized carbons (Fsp3) is 0.188. The van der Waals surface area contributed by atoms with E-state index in [-0.39, 0.29) is 16.7 Å². The summed E-state index contributed by atoms with van der Waals surface area (Å²) in [5.74, 6) is -2.04. The molecular formula is C16H13F4NO2. The highest BCUT2D eigenvalue weighted by molar-refractivity contribution is 5.95. The molecule has 0 heterocycles. The fourth-order valence-corrected chi connectivity index (χ4v) is 2.08. The molecule has 2 aromatic rings. The lowest BCUT2D eigenvalue weighted by molar-refractivity contribution is -0.137. The molecule has 7 heteroatoms. The van der Waals surface area contributed by atoms with E-state index in [1.54, 1.807) is 6.92 Å². The Kier molecular flexibility index (Phi) is 4.58. The van der Waals surface area contributed by atoms with Gasteiger partial charge in [-0.15, -0.1) is 0 Å². The lowest BCUT2D eigenvalue weighted by atomic mass is 10.0. The van der Waals surface area contributed by atoms with Crippen LogP contribution >= 0.6 is 0 Å².